The average Bonchev–Trinajstić information content (AvgIpc) is 2.94. The van der Waals surface area contributed by atoms with Gasteiger partial charge < -0.3 is 9.84 Å². The van der Waals surface area contributed by atoms with Gasteiger partial charge in [-0.05, 0) is 24.3 Å². The van der Waals surface area contributed by atoms with Crippen LogP contribution in [0.3, 0.4) is 0 Å². The molecule has 1 saturated carbocycles. The molecule has 9 heteroatoms. The van der Waals surface area contributed by atoms with Crippen LogP contribution in [0.1, 0.15) is 23.5 Å². The zero-order valence-electron chi connectivity index (χ0n) is 10.6. The van der Waals surface area contributed by atoms with Gasteiger partial charge in [-0.3, -0.25) is 0 Å². The van der Waals surface area contributed by atoms with E-state index < -0.39 is 10.0 Å². The zero-order chi connectivity index (χ0) is 14.0. The topological polar surface area (TPSA) is 97.1 Å². The van der Waals surface area contributed by atoms with Gasteiger partial charge in [0.15, 0.2) is 5.82 Å². The van der Waals surface area contributed by atoms with E-state index in [-0.39, 0.29) is 6.54 Å². The van der Waals surface area contributed by atoms with Gasteiger partial charge in [-0.2, -0.15) is 4.98 Å². The Hall–Kier alpha value is -1.29. The van der Waals surface area contributed by atoms with Crippen LogP contribution >= 0.6 is 11.3 Å². The highest BCUT2D eigenvalue weighted by molar-refractivity contribution is 7.89. The second kappa shape index (κ2) is 5.60. The van der Waals surface area contributed by atoms with Crippen LogP contribution in [0, 0.1) is 0 Å². The third kappa shape index (κ3) is 3.23. The van der Waals surface area contributed by atoms with Crippen molar-refractivity contribution in [1.82, 2.24) is 20.2 Å². The molecule has 3 rings (SSSR count). The Morgan fingerprint density at radius 2 is 2.25 bits per heavy atom. The minimum atomic E-state index is -3.55. The number of thiophene rings is 1. The van der Waals surface area contributed by atoms with Crippen molar-refractivity contribution in [2.45, 2.75) is 36.9 Å². The van der Waals surface area contributed by atoms with Crippen molar-refractivity contribution in [2.75, 3.05) is 0 Å². The molecule has 0 saturated heterocycles. The highest BCUT2D eigenvalue weighted by atomic mass is 32.2. The fourth-order valence-electron chi connectivity index (χ4n) is 1.73. The third-order valence-corrected chi connectivity index (χ3v) is 5.49. The normalized spacial score (nSPS) is 15.6. The van der Waals surface area contributed by atoms with E-state index >= 15 is 0 Å². The number of hydrogen-bond acceptors (Lipinski definition) is 7. The van der Waals surface area contributed by atoms with E-state index in [1.807, 2.05) is 0 Å². The largest absolute Gasteiger partial charge is 0.343 e. The molecule has 0 bridgehead atoms. The number of sulfonamides is 1. The summed E-state index contributed by atoms with van der Waals surface area (Å²) < 4.78 is 31.5. The second-order valence-electron chi connectivity index (χ2n) is 4.54. The van der Waals surface area contributed by atoms with Crippen LogP contribution in [0.2, 0.25) is 0 Å². The molecule has 0 amide bonds. The molecule has 0 aliphatic heterocycles. The minimum Gasteiger partial charge on any atom is -0.343 e. The van der Waals surface area contributed by atoms with E-state index in [4.69, 9.17) is 0 Å². The van der Waals surface area contributed by atoms with E-state index in [0.717, 1.165) is 4.88 Å². The lowest BCUT2D eigenvalue weighted by molar-refractivity contribution is 0.409. The van der Waals surface area contributed by atoms with Crippen molar-refractivity contribution in [3.63, 3.8) is 0 Å². The van der Waals surface area contributed by atoms with Crippen LogP contribution in [-0.2, 0) is 23.1 Å². The molecule has 2 aromatic heterocycles. The molecule has 0 unspecified atom stereocenters. The van der Waals surface area contributed by atoms with E-state index in [0.29, 0.717) is 23.3 Å². The molecule has 2 N–H and O–H groups in total. The van der Waals surface area contributed by atoms with Crippen LogP contribution in [0.5, 0.6) is 0 Å². The standard InChI is InChI=1S/C11H14N4O3S2/c16-20(17,14-6-11-13-7-18-15-11)10-3-4-19-9(10)5-12-8-1-2-8/h3-4,7-8,12,14H,1-2,5-6H2. The molecule has 2 heterocycles. The lowest BCUT2D eigenvalue weighted by atomic mass is 10.4. The van der Waals surface area contributed by atoms with E-state index in [9.17, 15) is 8.42 Å². The van der Waals surface area contributed by atoms with Gasteiger partial charge in [0.25, 0.3) is 0 Å². The summed E-state index contributed by atoms with van der Waals surface area (Å²) in [7, 11) is -3.55. The number of rotatable bonds is 7. The third-order valence-electron chi connectivity index (χ3n) is 2.95. The van der Waals surface area contributed by atoms with E-state index in [1.54, 1.807) is 11.4 Å². The molecule has 7 nitrogen and oxygen atoms in total. The summed E-state index contributed by atoms with van der Waals surface area (Å²) in [5.41, 5.74) is 0. The maximum Gasteiger partial charge on any atom is 0.242 e. The van der Waals surface area contributed by atoms with E-state index in [2.05, 4.69) is 24.7 Å². The Labute approximate surface area is 120 Å². The van der Waals surface area contributed by atoms with Gasteiger partial charge >= 0.3 is 0 Å². The van der Waals surface area contributed by atoms with Gasteiger partial charge in [-0.25, -0.2) is 13.1 Å². The Morgan fingerprint density at radius 3 is 2.95 bits per heavy atom. The maximum absolute atomic E-state index is 12.3. The van der Waals surface area contributed by atoms with Gasteiger partial charge in [-0.15, -0.1) is 11.3 Å². The summed E-state index contributed by atoms with van der Waals surface area (Å²) in [6, 6.07) is 2.16. The van der Waals surface area contributed by atoms with Crippen LogP contribution in [0.25, 0.3) is 0 Å². The van der Waals surface area contributed by atoms with Crippen LogP contribution < -0.4 is 10.0 Å². The summed E-state index contributed by atoms with van der Waals surface area (Å²) in [6.45, 7) is 0.602. The van der Waals surface area contributed by atoms with Crippen LogP contribution in [-0.4, -0.2) is 24.6 Å². The first-order chi connectivity index (χ1) is 9.65. The minimum absolute atomic E-state index is 0.0180. The molecule has 0 aromatic carbocycles. The Bertz CT molecular complexity index is 662. The van der Waals surface area contributed by atoms with Crippen molar-refractivity contribution in [1.29, 1.82) is 0 Å². The molecular formula is C11H14N4O3S2. The molecule has 20 heavy (non-hydrogen) atoms. The molecule has 0 spiro atoms. The van der Waals surface area contributed by atoms with Gasteiger partial charge in [0.05, 0.1) is 11.4 Å². The average molecular weight is 314 g/mol. The fraction of sp³-hybridized carbons (Fsp3) is 0.455. The van der Waals surface area contributed by atoms with Crippen LogP contribution in [0.15, 0.2) is 27.3 Å². The Kier molecular flexibility index (Phi) is 3.83. The first-order valence-electron chi connectivity index (χ1n) is 6.20. The Balaban J connectivity index is 1.68. The number of nitrogens with one attached hydrogen (secondary N) is 2. The van der Waals surface area contributed by atoms with E-state index in [1.165, 1.54) is 30.6 Å². The summed E-state index contributed by atoms with van der Waals surface area (Å²) >= 11 is 1.44. The number of hydrogen-bond donors (Lipinski definition) is 2. The summed E-state index contributed by atoms with van der Waals surface area (Å²) in [5, 5.41) is 8.67. The van der Waals surface area contributed by atoms with Crippen molar-refractivity contribution in [2.24, 2.45) is 0 Å². The summed E-state index contributed by atoms with van der Waals surface area (Å²) in [6.07, 6.45) is 3.51. The molecule has 2 aromatic rings. The highest BCUT2D eigenvalue weighted by Crippen LogP contribution is 2.24. The highest BCUT2D eigenvalue weighted by Gasteiger charge is 2.24. The molecule has 1 aliphatic carbocycles. The van der Waals surface area contributed by atoms with Gasteiger partial charge in [0.2, 0.25) is 16.4 Å². The first-order valence-corrected chi connectivity index (χ1v) is 8.56. The monoisotopic (exact) mass is 314 g/mol. The summed E-state index contributed by atoms with van der Waals surface area (Å²) in [4.78, 5) is 4.91. The molecule has 1 aliphatic rings. The SMILES string of the molecule is O=S(=O)(NCc1ncon1)c1ccsc1CNC1CC1. The van der Waals surface area contributed by atoms with Crippen molar-refractivity contribution < 1.29 is 12.9 Å². The molecule has 108 valence electrons. The van der Waals surface area contributed by atoms with Crippen molar-refractivity contribution >= 4 is 21.4 Å². The number of aromatic nitrogens is 2. The smallest absolute Gasteiger partial charge is 0.242 e. The fourth-order valence-corrected chi connectivity index (χ4v) is 4.10. The predicted octanol–water partition coefficient (Wildman–Crippen LogP) is 0.862. The first kappa shape index (κ1) is 13.7. The lowest BCUT2D eigenvalue weighted by Gasteiger charge is -2.07. The van der Waals surface area contributed by atoms with Gasteiger partial charge in [-0.1, -0.05) is 5.16 Å². The van der Waals surface area contributed by atoms with Gasteiger partial charge in [0.1, 0.15) is 0 Å². The van der Waals surface area contributed by atoms with Crippen molar-refractivity contribution in [3.05, 3.63) is 28.5 Å². The quantitative estimate of drug-likeness (QED) is 0.787. The molecule has 1 fully saturated rings. The molecular weight excluding hydrogens is 300 g/mol. The lowest BCUT2D eigenvalue weighted by Crippen LogP contribution is -2.25. The van der Waals surface area contributed by atoms with Crippen molar-refractivity contribution in [3.8, 4) is 0 Å². The predicted molar refractivity (Wildman–Crippen MR) is 72.5 cm³/mol. The molecule has 0 atom stereocenters. The second-order valence-corrected chi connectivity index (χ2v) is 7.27. The summed E-state index contributed by atoms with van der Waals surface area (Å²) in [5.74, 6) is 0.307. The number of nitrogens with zero attached hydrogens (tertiary/aromatic N) is 2. The zero-order valence-corrected chi connectivity index (χ0v) is 12.2. The Morgan fingerprint density at radius 1 is 1.40 bits per heavy atom. The van der Waals surface area contributed by atoms with Crippen LogP contribution in [0.4, 0.5) is 0 Å². The maximum atomic E-state index is 12.3. The van der Waals surface area contributed by atoms with Gasteiger partial charge in [0, 0.05) is 17.5 Å². The molecule has 0 radical (unpaired) electrons.